The van der Waals surface area contributed by atoms with Crippen molar-refractivity contribution < 1.29 is 0 Å². The molecule has 0 radical (unpaired) electrons. The van der Waals surface area contributed by atoms with E-state index in [-0.39, 0.29) is 0 Å². The van der Waals surface area contributed by atoms with Gasteiger partial charge in [-0.3, -0.25) is 0 Å². The fourth-order valence-corrected chi connectivity index (χ4v) is 2.91. The quantitative estimate of drug-likeness (QED) is 0.807. The van der Waals surface area contributed by atoms with Crippen LogP contribution in [0.2, 0.25) is 0 Å². The highest BCUT2D eigenvalue weighted by molar-refractivity contribution is 9.10. The lowest BCUT2D eigenvalue weighted by molar-refractivity contribution is 0.958. The van der Waals surface area contributed by atoms with E-state index in [2.05, 4.69) is 60.8 Å². The molecule has 4 rings (SSSR count). The standard InChI is InChI=1S/C17H19BrN4/c18-13-3-1-2-11(8-13)10-19-16-9-15(12-4-5-12)21-17(22-16)20-14-6-7-14/h1-3,8-9,12,14H,4-7,10H2,(H2,19,20,21,22). The van der Waals surface area contributed by atoms with Crippen LogP contribution in [0.5, 0.6) is 0 Å². The van der Waals surface area contributed by atoms with Crippen LogP contribution < -0.4 is 10.6 Å². The van der Waals surface area contributed by atoms with Crippen molar-refractivity contribution in [2.45, 2.75) is 44.2 Å². The molecule has 2 aliphatic carbocycles. The second kappa shape index (κ2) is 5.88. The van der Waals surface area contributed by atoms with Gasteiger partial charge in [-0.1, -0.05) is 28.1 Å². The van der Waals surface area contributed by atoms with E-state index in [9.17, 15) is 0 Å². The Kier molecular flexibility index (Phi) is 3.74. The number of nitrogens with zero attached hydrogens (tertiary/aromatic N) is 2. The van der Waals surface area contributed by atoms with E-state index in [1.165, 1.54) is 36.9 Å². The molecule has 2 aromatic rings. The van der Waals surface area contributed by atoms with Gasteiger partial charge in [0.15, 0.2) is 0 Å². The molecule has 1 aromatic heterocycles. The minimum atomic E-state index is 0.576. The summed E-state index contributed by atoms with van der Waals surface area (Å²) in [6.45, 7) is 0.767. The molecule has 1 heterocycles. The molecular formula is C17H19BrN4. The van der Waals surface area contributed by atoms with Gasteiger partial charge in [0.1, 0.15) is 5.82 Å². The van der Waals surface area contributed by atoms with Gasteiger partial charge in [-0.15, -0.1) is 0 Å². The van der Waals surface area contributed by atoms with Gasteiger partial charge in [0.2, 0.25) is 5.95 Å². The molecule has 2 aliphatic rings. The van der Waals surface area contributed by atoms with Crippen molar-refractivity contribution in [3.05, 3.63) is 46.1 Å². The molecular weight excluding hydrogens is 340 g/mol. The van der Waals surface area contributed by atoms with Crippen LogP contribution in [0, 0.1) is 0 Å². The Morgan fingerprint density at radius 1 is 1.09 bits per heavy atom. The number of rotatable bonds is 6. The van der Waals surface area contributed by atoms with Gasteiger partial charge >= 0.3 is 0 Å². The number of hydrogen-bond acceptors (Lipinski definition) is 4. The van der Waals surface area contributed by atoms with Crippen molar-refractivity contribution in [2.24, 2.45) is 0 Å². The fourth-order valence-electron chi connectivity index (χ4n) is 2.46. The second-order valence-corrected chi connectivity index (χ2v) is 7.09. The number of anilines is 2. The highest BCUT2D eigenvalue weighted by atomic mass is 79.9. The Bertz CT molecular complexity index is 680. The normalized spacial score (nSPS) is 17.3. The molecule has 0 bridgehead atoms. The van der Waals surface area contributed by atoms with Gasteiger partial charge in [0.05, 0.1) is 5.69 Å². The van der Waals surface area contributed by atoms with Crippen molar-refractivity contribution in [2.75, 3.05) is 10.6 Å². The van der Waals surface area contributed by atoms with E-state index in [1.807, 2.05) is 6.07 Å². The highest BCUT2D eigenvalue weighted by Crippen LogP contribution is 2.40. The number of aromatic nitrogens is 2. The van der Waals surface area contributed by atoms with Gasteiger partial charge in [-0.2, -0.15) is 4.98 Å². The van der Waals surface area contributed by atoms with Crippen LogP contribution >= 0.6 is 15.9 Å². The minimum absolute atomic E-state index is 0.576. The third-order valence-electron chi connectivity index (χ3n) is 4.01. The van der Waals surface area contributed by atoms with Crippen LogP contribution in [-0.2, 0) is 6.54 Å². The summed E-state index contributed by atoms with van der Waals surface area (Å²) in [6, 6.07) is 11.0. The summed E-state index contributed by atoms with van der Waals surface area (Å²) in [5.74, 6) is 2.33. The van der Waals surface area contributed by atoms with Crippen LogP contribution in [0.3, 0.4) is 0 Å². The number of benzene rings is 1. The van der Waals surface area contributed by atoms with Gasteiger partial charge in [-0.05, 0) is 43.4 Å². The Morgan fingerprint density at radius 3 is 2.68 bits per heavy atom. The van der Waals surface area contributed by atoms with Gasteiger partial charge < -0.3 is 10.6 Å². The average Bonchev–Trinajstić information content (AvgIpc) is 3.37. The lowest BCUT2D eigenvalue weighted by Gasteiger charge is -2.11. The molecule has 2 saturated carbocycles. The predicted octanol–water partition coefficient (Wildman–Crippen LogP) is 4.30. The summed E-state index contributed by atoms with van der Waals surface area (Å²) in [4.78, 5) is 9.29. The van der Waals surface area contributed by atoms with E-state index in [1.54, 1.807) is 0 Å². The molecule has 4 nitrogen and oxygen atoms in total. The summed E-state index contributed by atoms with van der Waals surface area (Å²) in [5.41, 5.74) is 2.41. The summed E-state index contributed by atoms with van der Waals surface area (Å²) < 4.78 is 1.10. The largest absolute Gasteiger partial charge is 0.366 e. The summed E-state index contributed by atoms with van der Waals surface area (Å²) in [7, 11) is 0. The molecule has 0 saturated heterocycles. The van der Waals surface area contributed by atoms with E-state index < -0.39 is 0 Å². The smallest absolute Gasteiger partial charge is 0.225 e. The van der Waals surface area contributed by atoms with Crippen LogP contribution in [0.1, 0.15) is 42.9 Å². The Morgan fingerprint density at radius 2 is 1.95 bits per heavy atom. The highest BCUT2D eigenvalue weighted by Gasteiger charge is 2.27. The summed E-state index contributed by atoms with van der Waals surface area (Å²) >= 11 is 3.51. The second-order valence-electron chi connectivity index (χ2n) is 6.18. The lowest BCUT2D eigenvalue weighted by atomic mass is 10.2. The molecule has 0 amide bonds. The van der Waals surface area contributed by atoms with Crippen molar-refractivity contribution in [1.29, 1.82) is 0 Å². The third-order valence-corrected chi connectivity index (χ3v) is 4.51. The first kappa shape index (κ1) is 14.0. The zero-order valence-electron chi connectivity index (χ0n) is 12.3. The molecule has 22 heavy (non-hydrogen) atoms. The number of halogens is 1. The SMILES string of the molecule is Brc1cccc(CNc2cc(C3CC3)nc(NC3CC3)n2)c1. The van der Waals surface area contributed by atoms with Crippen molar-refractivity contribution in [3.8, 4) is 0 Å². The maximum atomic E-state index is 4.67. The molecule has 2 fully saturated rings. The van der Waals surface area contributed by atoms with Gasteiger partial charge in [0, 0.05) is 29.0 Å². The predicted molar refractivity (Wildman–Crippen MR) is 92.1 cm³/mol. The van der Waals surface area contributed by atoms with Gasteiger partial charge in [0.25, 0.3) is 0 Å². The zero-order valence-corrected chi connectivity index (χ0v) is 13.9. The topological polar surface area (TPSA) is 49.8 Å². The van der Waals surface area contributed by atoms with Crippen LogP contribution in [0.15, 0.2) is 34.8 Å². The van der Waals surface area contributed by atoms with Crippen LogP contribution in [-0.4, -0.2) is 16.0 Å². The van der Waals surface area contributed by atoms with E-state index in [0.717, 1.165) is 22.8 Å². The first-order chi connectivity index (χ1) is 10.8. The van der Waals surface area contributed by atoms with Crippen molar-refractivity contribution >= 4 is 27.7 Å². The molecule has 0 atom stereocenters. The maximum absolute atomic E-state index is 4.67. The van der Waals surface area contributed by atoms with Crippen molar-refractivity contribution in [3.63, 3.8) is 0 Å². The summed E-state index contributed by atoms with van der Waals surface area (Å²) in [6.07, 6.45) is 4.98. The number of nitrogens with one attached hydrogen (secondary N) is 2. The average molecular weight is 359 g/mol. The first-order valence-corrected chi connectivity index (χ1v) is 8.69. The fraction of sp³-hybridized carbons (Fsp3) is 0.412. The molecule has 0 unspecified atom stereocenters. The van der Waals surface area contributed by atoms with E-state index in [4.69, 9.17) is 0 Å². The Balaban J connectivity index is 1.50. The van der Waals surface area contributed by atoms with E-state index >= 15 is 0 Å². The minimum Gasteiger partial charge on any atom is -0.366 e. The zero-order chi connectivity index (χ0) is 14.9. The monoisotopic (exact) mass is 358 g/mol. The Labute approximate surface area is 138 Å². The van der Waals surface area contributed by atoms with Crippen LogP contribution in [0.4, 0.5) is 11.8 Å². The number of hydrogen-bond donors (Lipinski definition) is 2. The molecule has 0 aliphatic heterocycles. The summed E-state index contributed by atoms with van der Waals surface area (Å²) in [5, 5.41) is 6.85. The molecule has 2 N–H and O–H groups in total. The Hall–Kier alpha value is -1.62. The molecule has 0 spiro atoms. The first-order valence-electron chi connectivity index (χ1n) is 7.90. The molecule has 1 aromatic carbocycles. The molecule has 114 valence electrons. The lowest BCUT2D eigenvalue weighted by Crippen LogP contribution is -2.10. The maximum Gasteiger partial charge on any atom is 0.225 e. The van der Waals surface area contributed by atoms with Crippen molar-refractivity contribution in [1.82, 2.24) is 9.97 Å². The van der Waals surface area contributed by atoms with E-state index in [0.29, 0.717) is 12.0 Å². The van der Waals surface area contributed by atoms with Crippen LogP contribution in [0.25, 0.3) is 0 Å². The van der Waals surface area contributed by atoms with Gasteiger partial charge in [-0.25, -0.2) is 4.98 Å². The molecule has 5 heteroatoms. The third kappa shape index (κ3) is 3.58.